The Hall–Kier alpha value is -2.17. The van der Waals surface area contributed by atoms with Crippen LogP contribution < -0.4 is 0 Å². The average molecular weight is 315 g/mol. The third-order valence-corrected chi connectivity index (χ3v) is 4.69. The lowest BCUT2D eigenvalue weighted by molar-refractivity contribution is -0.141. The van der Waals surface area contributed by atoms with Crippen LogP contribution in [-0.4, -0.2) is 35.3 Å². The number of likely N-dealkylation sites (tertiary alicyclic amines) is 1. The summed E-state index contributed by atoms with van der Waals surface area (Å²) in [5.74, 6) is -0.944. The maximum atomic E-state index is 12.4. The van der Waals surface area contributed by atoms with Crippen molar-refractivity contribution in [3.05, 3.63) is 35.9 Å². The highest BCUT2D eigenvalue weighted by molar-refractivity contribution is 6.05. The van der Waals surface area contributed by atoms with E-state index in [0.717, 1.165) is 25.7 Å². The fraction of sp³-hybridized carbons (Fsp3) is 0.500. The van der Waals surface area contributed by atoms with E-state index in [1.807, 2.05) is 6.07 Å². The first-order valence-corrected chi connectivity index (χ1v) is 8.19. The number of carbonyl (C=O) groups excluding carboxylic acids is 3. The number of amides is 2. The molecule has 1 aliphatic heterocycles. The van der Waals surface area contributed by atoms with E-state index in [2.05, 4.69) is 0 Å². The van der Waals surface area contributed by atoms with E-state index < -0.39 is 12.1 Å². The highest BCUT2D eigenvalue weighted by Crippen LogP contribution is 2.38. The maximum Gasteiger partial charge on any atom is 0.338 e. The van der Waals surface area contributed by atoms with Crippen molar-refractivity contribution in [1.82, 2.24) is 4.90 Å². The summed E-state index contributed by atoms with van der Waals surface area (Å²) in [6, 6.07) is 8.70. The molecule has 1 saturated heterocycles. The molecule has 1 saturated carbocycles. The molecule has 5 heteroatoms. The predicted molar refractivity (Wildman–Crippen MR) is 83.5 cm³/mol. The average Bonchev–Trinajstić information content (AvgIpc) is 2.81. The zero-order valence-electron chi connectivity index (χ0n) is 13.2. The van der Waals surface area contributed by atoms with E-state index in [0.29, 0.717) is 5.56 Å². The molecular formula is C18H21NO4. The van der Waals surface area contributed by atoms with Gasteiger partial charge >= 0.3 is 5.97 Å². The molecule has 0 radical (unpaired) electrons. The molecule has 0 bridgehead atoms. The minimum absolute atomic E-state index is 0.0951. The van der Waals surface area contributed by atoms with Crippen molar-refractivity contribution in [3.63, 3.8) is 0 Å². The van der Waals surface area contributed by atoms with Gasteiger partial charge in [0.05, 0.1) is 23.9 Å². The zero-order valence-corrected chi connectivity index (χ0v) is 13.2. The van der Waals surface area contributed by atoms with Gasteiger partial charge in [0.2, 0.25) is 11.8 Å². The summed E-state index contributed by atoms with van der Waals surface area (Å²) < 4.78 is 5.36. The first-order valence-electron chi connectivity index (χ1n) is 8.19. The van der Waals surface area contributed by atoms with Crippen LogP contribution in [-0.2, 0) is 14.3 Å². The molecule has 122 valence electrons. The molecule has 2 aliphatic rings. The Balaban J connectivity index is 1.61. The van der Waals surface area contributed by atoms with Crippen LogP contribution in [0.4, 0.5) is 0 Å². The number of hydrogen-bond acceptors (Lipinski definition) is 4. The van der Waals surface area contributed by atoms with Gasteiger partial charge in [-0.05, 0) is 31.9 Å². The smallest absolute Gasteiger partial charge is 0.338 e. The lowest BCUT2D eigenvalue weighted by atomic mass is 9.81. The fourth-order valence-corrected chi connectivity index (χ4v) is 3.53. The van der Waals surface area contributed by atoms with Crippen LogP contribution in [0, 0.1) is 11.8 Å². The van der Waals surface area contributed by atoms with E-state index in [9.17, 15) is 14.4 Å². The second kappa shape index (κ2) is 6.52. The number of esters is 1. The minimum atomic E-state index is -0.518. The topological polar surface area (TPSA) is 63.7 Å². The Morgan fingerprint density at radius 3 is 2.26 bits per heavy atom. The van der Waals surface area contributed by atoms with Crippen molar-refractivity contribution in [2.45, 2.75) is 38.7 Å². The standard InChI is InChI=1S/C18H21NO4/c1-12(23-18(22)13-7-3-2-4-8-13)11-19-16(20)14-9-5-6-10-15(14)17(19)21/h2-4,7-8,12,14-15H,5-6,9-11H2,1H3. The lowest BCUT2D eigenvalue weighted by Crippen LogP contribution is -2.38. The van der Waals surface area contributed by atoms with E-state index in [-0.39, 0.29) is 30.2 Å². The third kappa shape index (κ3) is 3.14. The highest BCUT2D eigenvalue weighted by atomic mass is 16.5. The van der Waals surface area contributed by atoms with Gasteiger partial charge in [0, 0.05) is 0 Å². The second-order valence-corrected chi connectivity index (χ2v) is 6.37. The van der Waals surface area contributed by atoms with Crippen LogP contribution in [0.25, 0.3) is 0 Å². The highest BCUT2D eigenvalue weighted by Gasteiger charge is 2.48. The van der Waals surface area contributed by atoms with Crippen molar-refractivity contribution in [3.8, 4) is 0 Å². The molecule has 0 spiro atoms. The zero-order chi connectivity index (χ0) is 16.4. The van der Waals surface area contributed by atoms with Crippen LogP contribution >= 0.6 is 0 Å². The van der Waals surface area contributed by atoms with Gasteiger partial charge in [-0.1, -0.05) is 31.0 Å². The van der Waals surface area contributed by atoms with Crippen LogP contribution in [0.1, 0.15) is 43.0 Å². The number of nitrogens with zero attached hydrogens (tertiary/aromatic N) is 1. The summed E-state index contributed by atoms with van der Waals surface area (Å²) in [4.78, 5) is 38.1. The second-order valence-electron chi connectivity index (χ2n) is 6.37. The van der Waals surface area contributed by atoms with E-state index in [1.54, 1.807) is 31.2 Å². The van der Waals surface area contributed by atoms with Crippen LogP contribution in [0.5, 0.6) is 0 Å². The van der Waals surface area contributed by atoms with Crippen molar-refractivity contribution in [2.75, 3.05) is 6.54 Å². The van der Waals surface area contributed by atoms with Gasteiger partial charge in [-0.2, -0.15) is 0 Å². The van der Waals surface area contributed by atoms with Gasteiger partial charge in [-0.15, -0.1) is 0 Å². The van der Waals surface area contributed by atoms with Gasteiger partial charge < -0.3 is 4.74 Å². The quantitative estimate of drug-likeness (QED) is 0.632. The number of hydrogen-bond donors (Lipinski definition) is 0. The number of benzene rings is 1. The van der Waals surface area contributed by atoms with Crippen LogP contribution in [0.3, 0.4) is 0 Å². The normalized spacial score (nSPS) is 25.2. The largest absolute Gasteiger partial charge is 0.457 e. The number of ether oxygens (including phenoxy) is 1. The third-order valence-electron chi connectivity index (χ3n) is 4.69. The molecule has 3 unspecified atom stereocenters. The molecule has 2 amide bonds. The molecule has 1 aromatic carbocycles. The molecule has 1 aliphatic carbocycles. The monoisotopic (exact) mass is 315 g/mol. The van der Waals surface area contributed by atoms with E-state index in [1.165, 1.54) is 4.90 Å². The SMILES string of the molecule is CC(CN1C(=O)C2CCCCC2C1=O)OC(=O)c1ccccc1. The van der Waals surface area contributed by atoms with Gasteiger partial charge in [0.15, 0.2) is 0 Å². The summed E-state index contributed by atoms with van der Waals surface area (Å²) in [5.41, 5.74) is 0.465. The van der Waals surface area contributed by atoms with Gasteiger partial charge in [0.1, 0.15) is 6.10 Å². The summed E-state index contributed by atoms with van der Waals surface area (Å²) in [6.45, 7) is 1.85. The van der Waals surface area contributed by atoms with Gasteiger partial charge in [-0.25, -0.2) is 4.79 Å². The van der Waals surface area contributed by atoms with Crippen molar-refractivity contribution in [1.29, 1.82) is 0 Å². The number of fused-ring (bicyclic) bond motifs is 1. The fourth-order valence-electron chi connectivity index (χ4n) is 3.53. The lowest BCUT2D eigenvalue weighted by Gasteiger charge is -2.20. The maximum absolute atomic E-state index is 12.4. The molecule has 0 N–H and O–H groups in total. The molecule has 0 aromatic heterocycles. The molecule has 1 aromatic rings. The van der Waals surface area contributed by atoms with Gasteiger partial charge in [-0.3, -0.25) is 14.5 Å². The van der Waals surface area contributed by atoms with Crippen LogP contribution in [0.2, 0.25) is 0 Å². The summed E-state index contributed by atoms with van der Waals surface area (Å²) in [5, 5.41) is 0. The molecular weight excluding hydrogens is 294 g/mol. The Labute approximate surface area is 135 Å². The van der Waals surface area contributed by atoms with E-state index in [4.69, 9.17) is 4.74 Å². The Morgan fingerprint density at radius 1 is 1.13 bits per heavy atom. The molecule has 3 atom stereocenters. The Bertz CT molecular complexity index is 589. The van der Waals surface area contributed by atoms with E-state index >= 15 is 0 Å². The van der Waals surface area contributed by atoms with Gasteiger partial charge in [0.25, 0.3) is 0 Å². The summed E-state index contributed by atoms with van der Waals surface area (Å²) in [7, 11) is 0. The first kappa shape index (κ1) is 15.7. The number of imide groups is 1. The number of rotatable bonds is 4. The molecule has 3 rings (SSSR count). The Kier molecular flexibility index (Phi) is 4.46. The molecule has 23 heavy (non-hydrogen) atoms. The summed E-state index contributed by atoms with van der Waals surface area (Å²) >= 11 is 0. The minimum Gasteiger partial charge on any atom is -0.457 e. The molecule has 2 fully saturated rings. The van der Waals surface area contributed by atoms with Crippen LogP contribution in [0.15, 0.2) is 30.3 Å². The van der Waals surface area contributed by atoms with Crippen molar-refractivity contribution < 1.29 is 19.1 Å². The van der Waals surface area contributed by atoms with Crippen molar-refractivity contribution in [2.24, 2.45) is 11.8 Å². The van der Waals surface area contributed by atoms with Crippen molar-refractivity contribution >= 4 is 17.8 Å². The molecule has 1 heterocycles. The summed E-state index contributed by atoms with van der Waals surface area (Å²) in [6.07, 6.45) is 3.09. The Morgan fingerprint density at radius 2 is 1.70 bits per heavy atom. The molecule has 5 nitrogen and oxygen atoms in total. The predicted octanol–water partition coefficient (Wildman–Crippen LogP) is 2.41. The first-order chi connectivity index (χ1) is 11.1. The number of carbonyl (C=O) groups is 3.